The van der Waals surface area contributed by atoms with Crippen LogP contribution in [0.1, 0.15) is 32.6 Å². The third-order valence-electron chi connectivity index (χ3n) is 2.76. The molecule has 1 aliphatic rings. The normalized spacial score (nSPS) is 20.6. The van der Waals surface area contributed by atoms with Crippen molar-refractivity contribution in [3.8, 4) is 0 Å². The minimum atomic E-state index is -3.44. The lowest BCUT2D eigenvalue weighted by Gasteiger charge is -2.19. The van der Waals surface area contributed by atoms with Gasteiger partial charge in [0.1, 0.15) is 0 Å². The second kappa shape index (κ2) is 5.44. The highest BCUT2D eigenvalue weighted by atomic mass is 32.2. The van der Waals surface area contributed by atoms with Crippen molar-refractivity contribution in [3.05, 3.63) is 0 Å². The maximum atomic E-state index is 11.1. The molecule has 0 saturated heterocycles. The molecular formula is C10H20O6S2. The van der Waals surface area contributed by atoms with E-state index in [1.807, 2.05) is 6.92 Å². The van der Waals surface area contributed by atoms with Crippen LogP contribution in [0.15, 0.2) is 0 Å². The van der Waals surface area contributed by atoms with Gasteiger partial charge in [-0.15, -0.1) is 0 Å². The molecule has 0 bridgehead atoms. The fraction of sp³-hybridized carbons (Fsp3) is 1.00. The molecule has 8 heteroatoms. The van der Waals surface area contributed by atoms with Crippen molar-refractivity contribution in [3.63, 3.8) is 0 Å². The van der Waals surface area contributed by atoms with Crippen molar-refractivity contribution >= 4 is 20.2 Å². The van der Waals surface area contributed by atoms with Gasteiger partial charge >= 0.3 is 0 Å². The summed E-state index contributed by atoms with van der Waals surface area (Å²) >= 11 is 0. The van der Waals surface area contributed by atoms with Gasteiger partial charge in [-0.3, -0.25) is 8.37 Å². The van der Waals surface area contributed by atoms with Crippen LogP contribution < -0.4 is 0 Å². The maximum absolute atomic E-state index is 11.1. The first-order chi connectivity index (χ1) is 8.02. The van der Waals surface area contributed by atoms with E-state index in [4.69, 9.17) is 4.18 Å². The lowest BCUT2D eigenvalue weighted by molar-refractivity contribution is 0.149. The highest BCUT2D eigenvalue weighted by molar-refractivity contribution is 7.86. The largest absolute Gasteiger partial charge is 0.270 e. The molecule has 6 nitrogen and oxygen atoms in total. The van der Waals surface area contributed by atoms with Gasteiger partial charge < -0.3 is 0 Å². The summed E-state index contributed by atoms with van der Waals surface area (Å²) in [5.74, 6) is 0.149. The van der Waals surface area contributed by atoms with E-state index in [9.17, 15) is 16.8 Å². The zero-order valence-corrected chi connectivity index (χ0v) is 12.5. The molecule has 1 aliphatic carbocycles. The summed E-state index contributed by atoms with van der Waals surface area (Å²) in [6.45, 7) is 2.05. The lowest BCUT2D eigenvalue weighted by atomic mass is 9.99. The molecule has 1 fully saturated rings. The van der Waals surface area contributed by atoms with Crippen molar-refractivity contribution in [1.82, 2.24) is 0 Å². The van der Waals surface area contributed by atoms with Gasteiger partial charge in [0, 0.05) is 0 Å². The molecule has 0 heterocycles. The van der Waals surface area contributed by atoms with Crippen LogP contribution in [0.3, 0.4) is 0 Å². The molecule has 108 valence electrons. The van der Waals surface area contributed by atoms with Gasteiger partial charge in [0.05, 0.1) is 24.7 Å². The van der Waals surface area contributed by atoms with Crippen LogP contribution in [0.5, 0.6) is 0 Å². The zero-order valence-electron chi connectivity index (χ0n) is 10.9. The van der Waals surface area contributed by atoms with Gasteiger partial charge in [0.25, 0.3) is 20.2 Å². The second-order valence-electron chi connectivity index (χ2n) is 5.09. The Morgan fingerprint density at radius 1 is 1.11 bits per heavy atom. The van der Waals surface area contributed by atoms with Crippen molar-refractivity contribution in [2.24, 2.45) is 5.92 Å². The molecule has 0 N–H and O–H groups in total. The molecule has 0 amide bonds. The minimum absolute atomic E-state index is 0.120. The summed E-state index contributed by atoms with van der Waals surface area (Å²) in [5, 5.41) is 0. The molecule has 0 aliphatic heterocycles. The molecule has 0 unspecified atom stereocenters. The van der Waals surface area contributed by atoms with Crippen LogP contribution in [-0.2, 0) is 28.6 Å². The Bertz CT molecular complexity index is 474. The van der Waals surface area contributed by atoms with Crippen molar-refractivity contribution in [2.75, 3.05) is 19.1 Å². The van der Waals surface area contributed by atoms with Crippen LogP contribution in [0.4, 0.5) is 0 Å². The summed E-state index contributed by atoms with van der Waals surface area (Å²) in [7, 11) is -6.84. The third kappa shape index (κ3) is 6.67. The second-order valence-corrected chi connectivity index (χ2v) is 8.31. The molecule has 0 aromatic rings. The van der Waals surface area contributed by atoms with Crippen LogP contribution in [0.25, 0.3) is 0 Å². The molecular weight excluding hydrogens is 280 g/mol. The van der Waals surface area contributed by atoms with Gasteiger partial charge in [-0.2, -0.15) is 16.8 Å². The van der Waals surface area contributed by atoms with Gasteiger partial charge in [0.2, 0.25) is 0 Å². The average molecular weight is 300 g/mol. The number of hydrogen-bond acceptors (Lipinski definition) is 6. The Kier molecular flexibility index (Phi) is 4.80. The monoisotopic (exact) mass is 300 g/mol. The predicted octanol–water partition coefficient (Wildman–Crippen LogP) is 0.888. The highest BCUT2D eigenvalue weighted by Gasteiger charge is 2.47. The first-order valence-corrected chi connectivity index (χ1v) is 9.40. The van der Waals surface area contributed by atoms with Gasteiger partial charge in [-0.05, 0) is 31.6 Å². The summed E-state index contributed by atoms with van der Waals surface area (Å²) in [5.41, 5.74) is -0.557. The fourth-order valence-electron chi connectivity index (χ4n) is 1.92. The van der Waals surface area contributed by atoms with Crippen molar-refractivity contribution < 1.29 is 25.2 Å². The summed E-state index contributed by atoms with van der Waals surface area (Å²) in [6.07, 6.45) is 4.68. The van der Waals surface area contributed by atoms with E-state index in [0.717, 1.165) is 25.4 Å². The third-order valence-corrected chi connectivity index (χ3v) is 4.02. The molecule has 0 spiro atoms. The summed E-state index contributed by atoms with van der Waals surface area (Å²) in [6, 6.07) is 0. The van der Waals surface area contributed by atoms with E-state index in [0.29, 0.717) is 12.8 Å². The first-order valence-electron chi connectivity index (χ1n) is 5.76. The van der Waals surface area contributed by atoms with E-state index < -0.39 is 25.8 Å². The Morgan fingerprint density at radius 3 is 2.06 bits per heavy atom. The Morgan fingerprint density at radius 2 is 1.67 bits per heavy atom. The van der Waals surface area contributed by atoms with Crippen LogP contribution >= 0.6 is 0 Å². The molecule has 1 rings (SSSR count). The summed E-state index contributed by atoms with van der Waals surface area (Å²) < 4.78 is 53.4. The average Bonchev–Trinajstić information content (AvgIpc) is 2.78. The molecule has 1 atom stereocenters. The smallest absolute Gasteiger partial charge is 0.264 e. The quantitative estimate of drug-likeness (QED) is 0.619. The maximum Gasteiger partial charge on any atom is 0.264 e. The molecule has 0 radical (unpaired) electrons. The lowest BCUT2D eigenvalue weighted by Crippen LogP contribution is -2.22. The minimum Gasteiger partial charge on any atom is -0.270 e. The highest BCUT2D eigenvalue weighted by Crippen LogP contribution is 2.46. The van der Waals surface area contributed by atoms with E-state index in [1.165, 1.54) is 0 Å². The Balaban J connectivity index is 2.34. The number of hydrogen-bond donors (Lipinski definition) is 0. The Hall–Kier alpha value is -0.180. The first kappa shape index (κ1) is 15.9. The topological polar surface area (TPSA) is 86.7 Å². The van der Waals surface area contributed by atoms with E-state index in [-0.39, 0.29) is 12.5 Å². The summed E-state index contributed by atoms with van der Waals surface area (Å²) in [4.78, 5) is 0. The predicted molar refractivity (Wildman–Crippen MR) is 67.1 cm³/mol. The van der Waals surface area contributed by atoms with Crippen molar-refractivity contribution in [2.45, 2.75) is 38.2 Å². The van der Waals surface area contributed by atoms with Crippen molar-refractivity contribution in [1.29, 1.82) is 0 Å². The SMILES string of the molecule is C[C@@H](CCOS(C)(=O)=O)CC1(OS(C)(=O)=O)CC1. The van der Waals surface area contributed by atoms with E-state index >= 15 is 0 Å². The molecule has 0 aromatic carbocycles. The Labute approximate surface area is 109 Å². The van der Waals surface area contributed by atoms with Gasteiger partial charge in [-0.1, -0.05) is 6.92 Å². The van der Waals surface area contributed by atoms with Gasteiger partial charge in [0.15, 0.2) is 0 Å². The van der Waals surface area contributed by atoms with E-state index in [1.54, 1.807) is 0 Å². The van der Waals surface area contributed by atoms with Gasteiger partial charge in [-0.25, -0.2) is 0 Å². The zero-order chi connectivity index (χ0) is 14.0. The molecule has 0 aromatic heterocycles. The van der Waals surface area contributed by atoms with E-state index in [2.05, 4.69) is 4.18 Å². The standard InChI is InChI=1S/C10H20O6S2/c1-9(4-7-15-17(2,11)12)8-10(5-6-10)16-18(3,13)14/h9H,4-8H2,1-3H3/t9-/m0/s1. The van der Waals surface area contributed by atoms with Crippen LogP contribution in [-0.4, -0.2) is 41.6 Å². The fourth-order valence-corrected chi connectivity index (χ4v) is 3.20. The van der Waals surface area contributed by atoms with Crippen LogP contribution in [0, 0.1) is 5.92 Å². The number of rotatable bonds is 8. The van der Waals surface area contributed by atoms with Crippen LogP contribution in [0.2, 0.25) is 0 Å². The molecule has 1 saturated carbocycles. The molecule has 18 heavy (non-hydrogen) atoms.